The first-order valence-corrected chi connectivity index (χ1v) is 6.96. The molecule has 112 valence electrons. The molecule has 1 rings (SSSR count). The van der Waals surface area contributed by atoms with Gasteiger partial charge in [0, 0.05) is 5.92 Å². The molecule has 1 aromatic rings. The zero-order valence-electron chi connectivity index (χ0n) is 12.8. The van der Waals surface area contributed by atoms with Gasteiger partial charge in [-0.1, -0.05) is 19.9 Å². The van der Waals surface area contributed by atoms with Crippen molar-refractivity contribution >= 4 is 5.97 Å². The zero-order valence-corrected chi connectivity index (χ0v) is 12.8. The summed E-state index contributed by atoms with van der Waals surface area (Å²) in [6.45, 7) is 9.44. The average molecular weight is 281 g/mol. The first kappa shape index (κ1) is 16.6. The highest BCUT2D eigenvalue weighted by Crippen LogP contribution is 2.32. The van der Waals surface area contributed by atoms with Crippen molar-refractivity contribution in [3.63, 3.8) is 0 Å². The monoisotopic (exact) mass is 281 g/mol. The van der Waals surface area contributed by atoms with Crippen LogP contribution in [0.2, 0.25) is 0 Å². The van der Waals surface area contributed by atoms with Crippen LogP contribution in [0.4, 0.5) is 4.39 Å². The van der Waals surface area contributed by atoms with Crippen LogP contribution in [-0.4, -0.2) is 18.1 Å². The van der Waals surface area contributed by atoms with E-state index in [1.54, 1.807) is 13.0 Å². The Balaban J connectivity index is 3.02. The van der Waals surface area contributed by atoms with E-state index in [4.69, 9.17) is 10.5 Å². The van der Waals surface area contributed by atoms with Crippen LogP contribution in [0, 0.1) is 18.7 Å². The van der Waals surface area contributed by atoms with Gasteiger partial charge in [-0.15, -0.1) is 0 Å². The van der Waals surface area contributed by atoms with E-state index in [0.717, 1.165) is 11.1 Å². The van der Waals surface area contributed by atoms with Crippen molar-refractivity contribution in [2.45, 2.75) is 52.7 Å². The van der Waals surface area contributed by atoms with Gasteiger partial charge in [-0.3, -0.25) is 4.79 Å². The molecule has 0 unspecified atom stereocenters. The number of benzene rings is 1. The van der Waals surface area contributed by atoms with Crippen LogP contribution >= 0.6 is 0 Å². The van der Waals surface area contributed by atoms with Crippen LogP contribution in [0.3, 0.4) is 0 Å². The molecule has 4 heteroatoms. The molecular weight excluding hydrogens is 257 g/mol. The lowest BCUT2D eigenvalue weighted by Crippen LogP contribution is -2.34. The lowest BCUT2D eigenvalue weighted by molar-refractivity contribution is -0.151. The summed E-state index contributed by atoms with van der Waals surface area (Å²) in [7, 11) is 0. The predicted molar refractivity (Wildman–Crippen MR) is 77.9 cm³/mol. The molecule has 0 amide bonds. The highest BCUT2D eigenvalue weighted by atomic mass is 19.1. The number of carbonyl (C=O) groups excluding carboxylic acids is 1. The number of aryl methyl sites for hydroxylation is 1. The van der Waals surface area contributed by atoms with E-state index < -0.39 is 12.0 Å². The van der Waals surface area contributed by atoms with Gasteiger partial charge in [0.25, 0.3) is 0 Å². The second-order valence-corrected chi connectivity index (χ2v) is 5.70. The van der Waals surface area contributed by atoms with Gasteiger partial charge in [-0.25, -0.2) is 4.39 Å². The third kappa shape index (κ3) is 4.04. The summed E-state index contributed by atoms with van der Waals surface area (Å²) in [5.74, 6) is -0.398. The Bertz CT molecular complexity index is 472. The summed E-state index contributed by atoms with van der Waals surface area (Å²) in [6, 6.07) is 4.08. The fraction of sp³-hybridized carbons (Fsp3) is 0.562. The number of nitrogens with two attached hydrogens (primary N) is 1. The van der Waals surface area contributed by atoms with E-state index in [0.29, 0.717) is 0 Å². The predicted octanol–water partition coefficient (Wildman–Crippen LogP) is 3.15. The second kappa shape index (κ2) is 6.84. The number of ether oxygens (including phenoxy) is 1. The zero-order chi connectivity index (χ0) is 15.4. The molecule has 3 nitrogen and oxygen atoms in total. The molecule has 3 atom stereocenters. The Morgan fingerprint density at radius 2 is 1.85 bits per heavy atom. The fourth-order valence-electron chi connectivity index (χ4n) is 2.53. The molecule has 0 spiro atoms. The van der Waals surface area contributed by atoms with Crippen molar-refractivity contribution in [3.05, 3.63) is 35.1 Å². The normalized spacial score (nSPS) is 15.8. The maximum Gasteiger partial charge on any atom is 0.322 e. The second-order valence-electron chi connectivity index (χ2n) is 5.70. The van der Waals surface area contributed by atoms with Crippen LogP contribution in [0.1, 0.15) is 44.7 Å². The van der Waals surface area contributed by atoms with Crippen LogP contribution < -0.4 is 5.73 Å². The topological polar surface area (TPSA) is 52.3 Å². The number of rotatable bonds is 5. The lowest BCUT2D eigenvalue weighted by Gasteiger charge is -2.29. The van der Waals surface area contributed by atoms with Crippen LogP contribution in [0.5, 0.6) is 0 Å². The molecule has 0 aliphatic carbocycles. The molecule has 1 aromatic carbocycles. The maximum atomic E-state index is 13.2. The van der Waals surface area contributed by atoms with E-state index in [1.807, 2.05) is 13.8 Å². The molecule has 0 aromatic heterocycles. The Morgan fingerprint density at radius 3 is 2.30 bits per heavy atom. The summed E-state index contributed by atoms with van der Waals surface area (Å²) >= 11 is 0. The van der Waals surface area contributed by atoms with E-state index in [1.165, 1.54) is 12.1 Å². The summed E-state index contributed by atoms with van der Waals surface area (Å²) in [4.78, 5) is 11.6. The van der Waals surface area contributed by atoms with Crippen LogP contribution in [-0.2, 0) is 9.53 Å². The molecule has 0 saturated carbocycles. The Hall–Kier alpha value is -1.42. The van der Waals surface area contributed by atoms with Crippen molar-refractivity contribution in [3.8, 4) is 0 Å². The Kier molecular flexibility index (Phi) is 5.69. The largest absolute Gasteiger partial charge is 0.461 e. The first-order valence-electron chi connectivity index (χ1n) is 6.96. The number of halogens is 1. The smallest absolute Gasteiger partial charge is 0.322 e. The SMILES string of the molecule is Cc1cc(F)ccc1[C@H](C(C)C)[C@H](C)OC(=O)[C@H](C)N. The van der Waals surface area contributed by atoms with Crippen molar-refractivity contribution in [1.82, 2.24) is 0 Å². The number of esters is 1. The molecule has 0 saturated heterocycles. The quantitative estimate of drug-likeness (QED) is 0.843. The van der Waals surface area contributed by atoms with Crippen molar-refractivity contribution < 1.29 is 13.9 Å². The first-order chi connectivity index (χ1) is 9.23. The molecule has 0 fully saturated rings. The molecule has 20 heavy (non-hydrogen) atoms. The molecule has 0 bridgehead atoms. The minimum Gasteiger partial charge on any atom is -0.461 e. The van der Waals surface area contributed by atoms with Crippen molar-refractivity contribution in [2.75, 3.05) is 0 Å². The summed E-state index contributed by atoms with van der Waals surface area (Å²) < 4.78 is 18.6. The van der Waals surface area contributed by atoms with Crippen molar-refractivity contribution in [2.24, 2.45) is 11.7 Å². The standard InChI is InChI=1S/C16H24FNO2/c1-9(2)15(12(5)20-16(19)11(4)18)14-7-6-13(17)8-10(14)3/h6-9,11-12,15H,18H2,1-5H3/t11-,12-,15+/m0/s1. The van der Waals surface area contributed by atoms with E-state index in [9.17, 15) is 9.18 Å². The van der Waals surface area contributed by atoms with Crippen LogP contribution in [0.25, 0.3) is 0 Å². The maximum absolute atomic E-state index is 13.2. The Labute approximate surface area is 120 Å². The molecule has 0 heterocycles. The van der Waals surface area contributed by atoms with Crippen LogP contribution in [0.15, 0.2) is 18.2 Å². The summed E-state index contributed by atoms with van der Waals surface area (Å²) in [5, 5.41) is 0. The van der Waals surface area contributed by atoms with E-state index in [-0.39, 0.29) is 23.8 Å². The average Bonchev–Trinajstić information content (AvgIpc) is 2.31. The van der Waals surface area contributed by atoms with Gasteiger partial charge in [-0.2, -0.15) is 0 Å². The highest BCUT2D eigenvalue weighted by Gasteiger charge is 2.28. The summed E-state index contributed by atoms with van der Waals surface area (Å²) in [5.41, 5.74) is 7.40. The van der Waals surface area contributed by atoms with Gasteiger partial charge >= 0.3 is 5.97 Å². The number of carbonyl (C=O) groups is 1. The molecular formula is C16H24FNO2. The lowest BCUT2D eigenvalue weighted by atomic mass is 9.82. The third-order valence-electron chi connectivity index (χ3n) is 3.49. The van der Waals surface area contributed by atoms with Gasteiger partial charge in [0.15, 0.2) is 0 Å². The molecule has 0 radical (unpaired) electrons. The minimum atomic E-state index is -0.639. The number of hydrogen-bond acceptors (Lipinski definition) is 3. The van der Waals surface area contributed by atoms with Gasteiger partial charge in [0.2, 0.25) is 0 Å². The minimum absolute atomic E-state index is 0.0123. The molecule has 2 N–H and O–H groups in total. The fourth-order valence-corrected chi connectivity index (χ4v) is 2.53. The van der Waals surface area contributed by atoms with E-state index >= 15 is 0 Å². The highest BCUT2D eigenvalue weighted by molar-refractivity contribution is 5.75. The summed E-state index contributed by atoms with van der Waals surface area (Å²) in [6.07, 6.45) is -0.308. The van der Waals surface area contributed by atoms with Gasteiger partial charge < -0.3 is 10.5 Å². The molecule has 0 aliphatic rings. The van der Waals surface area contributed by atoms with Crippen molar-refractivity contribution in [1.29, 1.82) is 0 Å². The van der Waals surface area contributed by atoms with Gasteiger partial charge in [0.1, 0.15) is 18.0 Å². The Morgan fingerprint density at radius 1 is 1.25 bits per heavy atom. The number of hydrogen-bond donors (Lipinski definition) is 1. The third-order valence-corrected chi connectivity index (χ3v) is 3.49. The van der Waals surface area contributed by atoms with Gasteiger partial charge in [-0.05, 0) is 49.9 Å². The molecule has 0 aliphatic heterocycles. The van der Waals surface area contributed by atoms with E-state index in [2.05, 4.69) is 13.8 Å². The van der Waals surface area contributed by atoms with Gasteiger partial charge in [0.05, 0.1) is 0 Å².